The van der Waals surface area contributed by atoms with E-state index in [0.717, 1.165) is 0 Å². The molecule has 2 aromatic rings. The van der Waals surface area contributed by atoms with Crippen LogP contribution in [0.25, 0.3) is 5.76 Å². The summed E-state index contributed by atoms with van der Waals surface area (Å²) in [5, 5.41) is 9.66. The van der Waals surface area contributed by atoms with Gasteiger partial charge in [-0.15, -0.1) is 0 Å². The van der Waals surface area contributed by atoms with Crippen molar-refractivity contribution in [3.8, 4) is 0 Å². The number of aliphatic hydroxyl groups is 1. The van der Waals surface area contributed by atoms with Crippen LogP contribution in [0.4, 0.5) is 22.0 Å². The fourth-order valence-electron chi connectivity index (χ4n) is 1.71. The minimum atomic E-state index is -2.36. The normalized spacial score (nSPS) is 11.6. The van der Waals surface area contributed by atoms with E-state index in [1.165, 1.54) is 24.3 Å². The summed E-state index contributed by atoms with van der Waals surface area (Å²) in [4.78, 5) is 11.7. The summed E-state index contributed by atoms with van der Waals surface area (Å²) < 4.78 is 65.8. The number of carbonyl (C=O) groups is 1. The van der Waals surface area contributed by atoms with Gasteiger partial charge in [0.25, 0.3) is 0 Å². The van der Waals surface area contributed by atoms with E-state index in [2.05, 4.69) is 0 Å². The van der Waals surface area contributed by atoms with Crippen LogP contribution in [0.3, 0.4) is 0 Å². The molecule has 0 atom stereocenters. The second-order valence-electron chi connectivity index (χ2n) is 4.20. The Morgan fingerprint density at radius 1 is 0.818 bits per heavy atom. The number of carbonyl (C=O) groups excluding carboxylic acids is 1. The number of halogens is 5. The third kappa shape index (κ3) is 2.69. The van der Waals surface area contributed by atoms with Gasteiger partial charge >= 0.3 is 0 Å². The van der Waals surface area contributed by atoms with Gasteiger partial charge in [-0.05, 0) is 0 Å². The Balaban J connectivity index is 2.52. The van der Waals surface area contributed by atoms with Crippen LogP contribution in [0.5, 0.6) is 0 Å². The molecule has 2 rings (SSSR count). The maximum absolute atomic E-state index is 13.5. The van der Waals surface area contributed by atoms with E-state index in [0.29, 0.717) is 6.08 Å². The molecule has 114 valence electrons. The van der Waals surface area contributed by atoms with Crippen LogP contribution in [0.15, 0.2) is 36.4 Å². The first-order valence-electron chi connectivity index (χ1n) is 5.86. The number of ketones is 1. The molecule has 0 heterocycles. The molecule has 2 nitrogen and oxygen atoms in total. The lowest BCUT2D eigenvalue weighted by Crippen LogP contribution is -2.11. The lowest BCUT2D eigenvalue weighted by atomic mass is 10.1. The fourth-order valence-corrected chi connectivity index (χ4v) is 1.71. The lowest BCUT2D eigenvalue weighted by molar-refractivity contribution is 0.103. The molecule has 0 spiro atoms. The topological polar surface area (TPSA) is 37.3 Å². The first-order valence-corrected chi connectivity index (χ1v) is 5.86. The van der Waals surface area contributed by atoms with Crippen molar-refractivity contribution in [2.75, 3.05) is 0 Å². The third-order valence-electron chi connectivity index (χ3n) is 2.79. The maximum Gasteiger partial charge on any atom is 0.200 e. The van der Waals surface area contributed by atoms with Crippen LogP contribution in [0.1, 0.15) is 15.9 Å². The van der Waals surface area contributed by atoms with E-state index < -0.39 is 46.2 Å². The second kappa shape index (κ2) is 5.97. The van der Waals surface area contributed by atoms with Gasteiger partial charge in [0.2, 0.25) is 5.82 Å². The van der Waals surface area contributed by atoms with Crippen LogP contribution < -0.4 is 0 Å². The standard InChI is InChI=1S/C15H7F5O2/c16-11-10(12(17)14(19)15(20)13(11)18)9(22)6-8(21)7-4-2-1-3-5-7/h1-6,21H. The summed E-state index contributed by atoms with van der Waals surface area (Å²) >= 11 is 0. The summed E-state index contributed by atoms with van der Waals surface area (Å²) in [5.74, 6) is -13.5. The van der Waals surface area contributed by atoms with E-state index in [-0.39, 0.29) is 5.56 Å². The van der Waals surface area contributed by atoms with Crippen molar-refractivity contribution in [1.29, 1.82) is 0 Å². The van der Waals surface area contributed by atoms with Crippen molar-refractivity contribution >= 4 is 11.5 Å². The van der Waals surface area contributed by atoms with Crippen molar-refractivity contribution in [3.05, 3.63) is 76.6 Å². The molecule has 7 heteroatoms. The molecule has 0 saturated heterocycles. The highest BCUT2D eigenvalue weighted by Gasteiger charge is 2.29. The SMILES string of the molecule is O=C(C=C(O)c1ccccc1)c1c(F)c(F)c(F)c(F)c1F. The van der Waals surface area contributed by atoms with E-state index >= 15 is 0 Å². The average molecular weight is 314 g/mol. The molecule has 0 saturated carbocycles. The highest BCUT2D eigenvalue weighted by molar-refractivity contribution is 6.08. The number of rotatable bonds is 3. The van der Waals surface area contributed by atoms with Gasteiger partial charge in [-0.3, -0.25) is 4.79 Å². The van der Waals surface area contributed by atoms with E-state index in [4.69, 9.17) is 0 Å². The molecule has 0 aliphatic rings. The number of benzene rings is 2. The Kier molecular flexibility index (Phi) is 4.25. The molecule has 0 fully saturated rings. The Morgan fingerprint density at radius 3 is 1.77 bits per heavy atom. The molecule has 2 aromatic carbocycles. The molecular formula is C15H7F5O2. The average Bonchev–Trinajstić information content (AvgIpc) is 2.52. The van der Waals surface area contributed by atoms with Crippen molar-refractivity contribution in [2.24, 2.45) is 0 Å². The van der Waals surface area contributed by atoms with Crippen LogP contribution >= 0.6 is 0 Å². The summed E-state index contributed by atoms with van der Waals surface area (Å²) in [5.41, 5.74) is -1.49. The molecular weight excluding hydrogens is 307 g/mol. The van der Waals surface area contributed by atoms with Crippen molar-refractivity contribution in [3.63, 3.8) is 0 Å². The van der Waals surface area contributed by atoms with Gasteiger partial charge in [0.05, 0.1) is 5.56 Å². The van der Waals surface area contributed by atoms with Crippen molar-refractivity contribution in [2.45, 2.75) is 0 Å². The number of allylic oxidation sites excluding steroid dienone is 1. The molecule has 0 unspecified atom stereocenters. The number of hydrogen-bond acceptors (Lipinski definition) is 2. The summed E-state index contributed by atoms with van der Waals surface area (Å²) in [7, 11) is 0. The zero-order chi connectivity index (χ0) is 16.4. The Hall–Kier alpha value is -2.70. The maximum atomic E-state index is 13.5. The first-order chi connectivity index (χ1) is 10.3. The van der Waals surface area contributed by atoms with Gasteiger partial charge in [-0.2, -0.15) is 0 Å². The molecule has 1 N–H and O–H groups in total. The zero-order valence-electron chi connectivity index (χ0n) is 10.7. The predicted octanol–water partition coefficient (Wildman–Crippen LogP) is 4.16. The second-order valence-corrected chi connectivity index (χ2v) is 4.20. The molecule has 0 aliphatic heterocycles. The van der Waals surface area contributed by atoms with Gasteiger partial charge in [0.15, 0.2) is 29.1 Å². The lowest BCUT2D eigenvalue weighted by Gasteiger charge is -2.06. The van der Waals surface area contributed by atoms with Crippen LogP contribution in [0, 0.1) is 29.1 Å². The van der Waals surface area contributed by atoms with Crippen LogP contribution in [0.2, 0.25) is 0 Å². The Bertz CT molecular complexity index is 740. The number of aliphatic hydroxyl groups excluding tert-OH is 1. The van der Waals surface area contributed by atoms with Crippen molar-refractivity contribution < 1.29 is 31.9 Å². The van der Waals surface area contributed by atoms with E-state index in [1.54, 1.807) is 6.07 Å². The molecule has 0 radical (unpaired) electrons. The minimum absolute atomic E-state index is 0.139. The van der Waals surface area contributed by atoms with Crippen LogP contribution in [-0.4, -0.2) is 10.9 Å². The quantitative estimate of drug-likeness (QED) is 0.231. The van der Waals surface area contributed by atoms with E-state index in [9.17, 15) is 31.9 Å². The molecule has 0 amide bonds. The third-order valence-corrected chi connectivity index (χ3v) is 2.79. The zero-order valence-corrected chi connectivity index (χ0v) is 10.7. The van der Waals surface area contributed by atoms with Gasteiger partial charge in [0, 0.05) is 11.6 Å². The first kappa shape index (κ1) is 15.7. The predicted molar refractivity (Wildman–Crippen MR) is 67.6 cm³/mol. The van der Waals surface area contributed by atoms with Crippen molar-refractivity contribution in [1.82, 2.24) is 0 Å². The highest BCUT2D eigenvalue weighted by atomic mass is 19.2. The Labute approximate surface area is 121 Å². The number of hydrogen-bond donors (Lipinski definition) is 1. The van der Waals surface area contributed by atoms with Gasteiger partial charge in [0.1, 0.15) is 5.76 Å². The van der Waals surface area contributed by atoms with Gasteiger partial charge in [-0.1, -0.05) is 30.3 Å². The molecule has 0 bridgehead atoms. The van der Waals surface area contributed by atoms with Gasteiger partial charge in [-0.25, -0.2) is 22.0 Å². The molecule has 0 aliphatic carbocycles. The summed E-state index contributed by atoms with van der Waals surface area (Å²) in [6.07, 6.45) is 0.383. The molecule has 0 aromatic heterocycles. The summed E-state index contributed by atoms with van der Waals surface area (Å²) in [6.45, 7) is 0. The summed E-state index contributed by atoms with van der Waals surface area (Å²) in [6, 6.07) is 7.42. The Morgan fingerprint density at radius 2 is 1.27 bits per heavy atom. The fraction of sp³-hybridized carbons (Fsp3) is 0. The minimum Gasteiger partial charge on any atom is -0.507 e. The monoisotopic (exact) mass is 314 g/mol. The largest absolute Gasteiger partial charge is 0.507 e. The van der Waals surface area contributed by atoms with Gasteiger partial charge < -0.3 is 5.11 Å². The smallest absolute Gasteiger partial charge is 0.200 e. The van der Waals surface area contributed by atoms with E-state index in [1.807, 2.05) is 0 Å². The highest BCUT2D eigenvalue weighted by Crippen LogP contribution is 2.24. The van der Waals surface area contributed by atoms with Crippen LogP contribution in [-0.2, 0) is 0 Å². The molecule has 22 heavy (non-hydrogen) atoms.